The fraction of sp³-hybridized carbons (Fsp3) is 0.704. The van der Waals surface area contributed by atoms with Crippen LogP contribution in [0.25, 0.3) is 0 Å². The molecule has 0 saturated carbocycles. The van der Waals surface area contributed by atoms with Crippen molar-refractivity contribution in [2.45, 2.75) is 116 Å². The van der Waals surface area contributed by atoms with Crippen molar-refractivity contribution in [3.63, 3.8) is 0 Å². The van der Waals surface area contributed by atoms with Crippen molar-refractivity contribution in [1.29, 1.82) is 0 Å². The van der Waals surface area contributed by atoms with Gasteiger partial charge in [0.15, 0.2) is 0 Å². The van der Waals surface area contributed by atoms with E-state index in [4.69, 9.17) is 9.47 Å². The van der Waals surface area contributed by atoms with E-state index in [0.29, 0.717) is 12.7 Å². The average molecular weight is 401 g/mol. The molecule has 0 N–H and O–H groups in total. The molecule has 2 atom stereocenters. The highest BCUT2D eigenvalue weighted by molar-refractivity contribution is 5.27. The van der Waals surface area contributed by atoms with Gasteiger partial charge in [0.1, 0.15) is 12.4 Å². The molecule has 0 spiro atoms. The van der Waals surface area contributed by atoms with Crippen LogP contribution < -0.4 is 4.74 Å². The van der Waals surface area contributed by atoms with Gasteiger partial charge in [-0.1, -0.05) is 77.5 Å². The Balaban J connectivity index is 1.82. The van der Waals surface area contributed by atoms with Gasteiger partial charge in [0.2, 0.25) is 0 Å². The van der Waals surface area contributed by atoms with Crippen molar-refractivity contribution in [3.05, 3.63) is 41.5 Å². The molecule has 0 bridgehead atoms. The first-order chi connectivity index (χ1) is 14.2. The van der Waals surface area contributed by atoms with E-state index in [9.17, 15) is 0 Å². The van der Waals surface area contributed by atoms with Crippen molar-refractivity contribution >= 4 is 0 Å². The largest absolute Gasteiger partial charge is 0.490 e. The molecule has 1 aromatic carbocycles. The Bertz CT molecular complexity index is 589. The SMILES string of the molecule is CCCCC/C(=C\COc1ccc(CC)cc1)CCC1OC1(CC)CCCCC. The lowest BCUT2D eigenvalue weighted by atomic mass is 9.91. The lowest BCUT2D eigenvalue weighted by molar-refractivity contribution is 0.266. The molecule has 1 aliphatic heterocycles. The Morgan fingerprint density at radius 2 is 1.69 bits per heavy atom. The quantitative estimate of drug-likeness (QED) is 0.159. The normalized spacial score (nSPS) is 21.4. The lowest BCUT2D eigenvalue weighted by Gasteiger charge is -2.11. The van der Waals surface area contributed by atoms with Gasteiger partial charge in [-0.05, 0) is 68.7 Å². The molecule has 2 heteroatoms. The molecule has 0 amide bonds. The summed E-state index contributed by atoms with van der Waals surface area (Å²) < 4.78 is 12.2. The van der Waals surface area contributed by atoms with Crippen LogP contribution in [-0.4, -0.2) is 18.3 Å². The summed E-state index contributed by atoms with van der Waals surface area (Å²) in [7, 11) is 0. The highest BCUT2D eigenvalue weighted by Crippen LogP contribution is 2.46. The third-order valence-corrected chi connectivity index (χ3v) is 6.49. The summed E-state index contributed by atoms with van der Waals surface area (Å²) in [5.41, 5.74) is 3.11. The molecule has 1 aliphatic rings. The predicted molar refractivity (Wildman–Crippen MR) is 125 cm³/mol. The highest BCUT2D eigenvalue weighted by atomic mass is 16.6. The minimum Gasteiger partial charge on any atom is -0.490 e. The van der Waals surface area contributed by atoms with E-state index < -0.39 is 0 Å². The van der Waals surface area contributed by atoms with Crippen LogP contribution in [0.2, 0.25) is 0 Å². The summed E-state index contributed by atoms with van der Waals surface area (Å²) in [5, 5.41) is 0. The maximum absolute atomic E-state index is 6.21. The van der Waals surface area contributed by atoms with Crippen LogP contribution in [0.5, 0.6) is 5.75 Å². The minimum absolute atomic E-state index is 0.196. The molecule has 164 valence electrons. The first-order valence-corrected chi connectivity index (χ1v) is 12.2. The number of hydrogen-bond donors (Lipinski definition) is 0. The average Bonchev–Trinajstić information content (AvgIpc) is 3.45. The summed E-state index contributed by atoms with van der Waals surface area (Å²) in [6.45, 7) is 9.70. The number of rotatable bonds is 16. The molecule has 0 aromatic heterocycles. The number of allylic oxidation sites excluding steroid dienone is 1. The fourth-order valence-corrected chi connectivity index (χ4v) is 4.28. The maximum Gasteiger partial charge on any atom is 0.119 e. The van der Waals surface area contributed by atoms with E-state index in [1.807, 2.05) is 0 Å². The second-order valence-corrected chi connectivity index (χ2v) is 8.65. The van der Waals surface area contributed by atoms with Gasteiger partial charge in [0, 0.05) is 0 Å². The van der Waals surface area contributed by atoms with Crippen molar-refractivity contribution in [3.8, 4) is 5.75 Å². The second-order valence-electron chi connectivity index (χ2n) is 8.65. The lowest BCUT2D eigenvalue weighted by Crippen LogP contribution is -2.14. The van der Waals surface area contributed by atoms with E-state index in [1.165, 1.54) is 63.4 Å². The zero-order valence-corrected chi connectivity index (χ0v) is 19.5. The Morgan fingerprint density at radius 3 is 2.34 bits per heavy atom. The van der Waals surface area contributed by atoms with E-state index in [0.717, 1.165) is 25.0 Å². The standard InChI is InChI=1S/C27H44O2/c1-5-9-11-13-24(20-22-28-25-17-14-23(7-3)15-18-25)16-19-26-27(8-4,29-26)21-12-10-6-2/h14-15,17-18,20,26H,5-13,16,19,21-22H2,1-4H3/b24-20+. The van der Waals surface area contributed by atoms with E-state index in [-0.39, 0.29) is 5.60 Å². The number of benzene rings is 1. The zero-order valence-electron chi connectivity index (χ0n) is 19.5. The van der Waals surface area contributed by atoms with Crippen LogP contribution in [0.3, 0.4) is 0 Å². The Hall–Kier alpha value is -1.28. The van der Waals surface area contributed by atoms with Gasteiger partial charge in [-0.25, -0.2) is 0 Å². The third kappa shape index (κ3) is 8.16. The van der Waals surface area contributed by atoms with Gasteiger partial charge >= 0.3 is 0 Å². The molecule has 1 saturated heterocycles. The molecule has 1 aromatic rings. The molecular weight excluding hydrogens is 356 g/mol. The topological polar surface area (TPSA) is 21.8 Å². The summed E-state index contributed by atoms with van der Waals surface area (Å²) in [5.74, 6) is 0.970. The molecule has 29 heavy (non-hydrogen) atoms. The van der Waals surface area contributed by atoms with Crippen LogP contribution in [0.1, 0.15) is 104 Å². The van der Waals surface area contributed by atoms with Crippen LogP contribution in [0.15, 0.2) is 35.9 Å². The highest BCUT2D eigenvalue weighted by Gasteiger charge is 2.53. The van der Waals surface area contributed by atoms with Gasteiger partial charge in [-0.3, -0.25) is 0 Å². The summed E-state index contributed by atoms with van der Waals surface area (Å²) in [6.07, 6.45) is 17.6. The maximum atomic E-state index is 6.21. The number of aryl methyl sites for hydroxylation is 1. The molecule has 2 unspecified atom stereocenters. The number of hydrogen-bond acceptors (Lipinski definition) is 2. The van der Waals surface area contributed by atoms with Gasteiger partial charge < -0.3 is 9.47 Å². The minimum atomic E-state index is 0.196. The second kappa shape index (κ2) is 13.1. The fourth-order valence-electron chi connectivity index (χ4n) is 4.28. The predicted octanol–water partition coefficient (Wildman–Crippen LogP) is 8.04. The molecular formula is C27H44O2. The monoisotopic (exact) mass is 400 g/mol. The van der Waals surface area contributed by atoms with Crippen molar-refractivity contribution < 1.29 is 9.47 Å². The zero-order chi connectivity index (χ0) is 21.0. The molecule has 1 fully saturated rings. The van der Waals surface area contributed by atoms with Gasteiger partial charge in [0.25, 0.3) is 0 Å². The van der Waals surface area contributed by atoms with Crippen LogP contribution in [-0.2, 0) is 11.2 Å². The summed E-state index contributed by atoms with van der Waals surface area (Å²) in [4.78, 5) is 0. The van der Waals surface area contributed by atoms with E-state index in [2.05, 4.69) is 58.0 Å². The Labute approximate surface area is 180 Å². The van der Waals surface area contributed by atoms with E-state index in [1.54, 1.807) is 5.57 Å². The van der Waals surface area contributed by atoms with E-state index >= 15 is 0 Å². The first kappa shape index (κ1) is 24.0. The molecule has 0 radical (unpaired) electrons. The summed E-state index contributed by atoms with van der Waals surface area (Å²) in [6, 6.07) is 8.50. The van der Waals surface area contributed by atoms with Crippen LogP contribution in [0, 0.1) is 0 Å². The number of ether oxygens (including phenoxy) is 2. The van der Waals surface area contributed by atoms with Crippen molar-refractivity contribution in [2.75, 3.05) is 6.61 Å². The number of unbranched alkanes of at least 4 members (excludes halogenated alkanes) is 4. The van der Waals surface area contributed by atoms with Gasteiger partial charge in [-0.2, -0.15) is 0 Å². The molecule has 0 aliphatic carbocycles. The molecule has 2 nitrogen and oxygen atoms in total. The van der Waals surface area contributed by atoms with Crippen LogP contribution in [0.4, 0.5) is 0 Å². The smallest absolute Gasteiger partial charge is 0.119 e. The van der Waals surface area contributed by atoms with Gasteiger partial charge in [-0.15, -0.1) is 0 Å². The Kier molecular flexibility index (Phi) is 10.8. The summed E-state index contributed by atoms with van der Waals surface area (Å²) >= 11 is 0. The van der Waals surface area contributed by atoms with Gasteiger partial charge in [0.05, 0.1) is 11.7 Å². The molecule has 2 rings (SSSR count). The number of epoxide rings is 1. The van der Waals surface area contributed by atoms with Crippen molar-refractivity contribution in [2.24, 2.45) is 0 Å². The van der Waals surface area contributed by atoms with Crippen molar-refractivity contribution in [1.82, 2.24) is 0 Å². The molecule has 1 heterocycles. The Morgan fingerprint density at radius 1 is 0.966 bits per heavy atom. The third-order valence-electron chi connectivity index (χ3n) is 6.49. The first-order valence-electron chi connectivity index (χ1n) is 12.2. The van der Waals surface area contributed by atoms with Crippen LogP contribution >= 0.6 is 0 Å².